The topological polar surface area (TPSA) is 68.0 Å². The van der Waals surface area contributed by atoms with E-state index in [9.17, 15) is 4.79 Å². The molecule has 2 rings (SSSR count). The number of amides is 1. The van der Waals surface area contributed by atoms with Gasteiger partial charge in [0.25, 0.3) is 5.91 Å². The summed E-state index contributed by atoms with van der Waals surface area (Å²) in [5.41, 5.74) is 5.10. The van der Waals surface area contributed by atoms with Gasteiger partial charge in [-0.25, -0.2) is 4.98 Å². The number of primary amides is 1. The highest BCUT2D eigenvalue weighted by Gasteiger charge is 2.21. The van der Waals surface area contributed by atoms with E-state index in [4.69, 9.17) is 5.73 Å². The summed E-state index contributed by atoms with van der Waals surface area (Å²) in [4.78, 5) is 15.3. The Hall–Kier alpha value is -1.10. The van der Waals surface area contributed by atoms with Gasteiger partial charge in [-0.3, -0.25) is 4.79 Å². The average molecular weight is 197 g/mol. The molecule has 0 atom stereocenters. The molecule has 1 aliphatic rings. The lowest BCUT2D eigenvalue weighted by Crippen LogP contribution is -2.08. The van der Waals surface area contributed by atoms with E-state index in [0.717, 1.165) is 17.6 Å². The molecule has 1 amide bonds. The lowest BCUT2D eigenvalue weighted by atomic mass is 10.4. The predicted molar refractivity (Wildman–Crippen MR) is 51.8 cm³/mol. The summed E-state index contributed by atoms with van der Waals surface area (Å²) in [7, 11) is 0. The Bertz CT molecular complexity index is 319. The lowest BCUT2D eigenvalue weighted by molar-refractivity contribution is 0.100. The number of thiazole rings is 1. The Morgan fingerprint density at radius 2 is 2.54 bits per heavy atom. The number of nitrogens with one attached hydrogen (secondary N) is 1. The summed E-state index contributed by atoms with van der Waals surface area (Å²) in [5.74, 6) is 0.401. The van der Waals surface area contributed by atoms with Crippen LogP contribution in [0.5, 0.6) is 0 Å². The highest BCUT2D eigenvalue weighted by molar-refractivity contribution is 7.17. The fourth-order valence-corrected chi connectivity index (χ4v) is 1.70. The van der Waals surface area contributed by atoms with Crippen LogP contribution < -0.4 is 11.1 Å². The fourth-order valence-electron chi connectivity index (χ4n) is 1.02. The molecule has 1 saturated carbocycles. The summed E-state index contributed by atoms with van der Waals surface area (Å²) in [6.45, 7) is 0.964. The molecule has 0 spiro atoms. The number of aromatic nitrogens is 1. The fraction of sp³-hybridized carbons (Fsp3) is 0.500. The highest BCUT2D eigenvalue weighted by atomic mass is 32.1. The van der Waals surface area contributed by atoms with Crippen LogP contribution in [0.2, 0.25) is 0 Å². The van der Waals surface area contributed by atoms with Crippen molar-refractivity contribution < 1.29 is 4.79 Å². The minimum atomic E-state index is -0.406. The summed E-state index contributed by atoms with van der Waals surface area (Å²) >= 11 is 1.31. The second-order valence-corrected chi connectivity index (χ2v) is 4.25. The zero-order chi connectivity index (χ0) is 9.26. The minimum absolute atomic E-state index is 0.406. The molecule has 0 unspecified atom stereocenters. The third kappa shape index (κ3) is 2.18. The SMILES string of the molecule is NC(=O)c1cnc(NCC2CC2)s1. The van der Waals surface area contributed by atoms with Gasteiger partial charge in [0, 0.05) is 6.54 Å². The quantitative estimate of drug-likeness (QED) is 0.758. The van der Waals surface area contributed by atoms with Crippen LogP contribution in [0.1, 0.15) is 22.5 Å². The van der Waals surface area contributed by atoms with Gasteiger partial charge in [-0.15, -0.1) is 0 Å². The normalized spacial score (nSPS) is 15.7. The molecule has 0 saturated heterocycles. The second-order valence-electron chi connectivity index (χ2n) is 3.22. The molecule has 0 aromatic carbocycles. The van der Waals surface area contributed by atoms with Gasteiger partial charge in [0.2, 0.25) is 0 Å². The van der Waals surface area contributed by atoms with Gasteiger partial charge in [-0.05, 0) is 18.8 Å². The van der Waals surface area contributed by atoms with Crippen molar-refractivity contribution in [2.75, 3.05) is 11.9 Å². The molecule has 1 fully saturated rings. The number of carbonyl (C=O) groups is 1. The van der Waals surface area contributed by atoms with Gasteiger partial charge in [0.15, 0.2) is 5.13 Å². The number of rotatable bonds is 4. The van der Waals surface area contributed by atoms with E-state index < -0.39 is 5.91 Å². The van der Waals surface area contributed by atoms with Crippen molar-refractivity contribution in [3.05, 3.63) is 11.1 Å². The van der Waals surface area contributed by atoms with Crippen molar-refractivity contribution in [2.24, 2.45) is 11.7 Å². The minimum Gasteiger partial charge on any atom is -0.365 e. The van der Waals surface area contributed by atoms with E-state index in [-0.39, 0.29) is 0 Å². The van der Waals surface area contributed by atoms with Crippen molar-refractivity contribution >= 4 is 22.4 Å². The molecular weight excluding hydrogens is 186 g/mol. The number of nitrogens with zero attached hydrogens (tertiary/aromatic N) is 1. The first kappa shape index (κ1) is 8.50. The summed E-state index contributed by atoms with van der Waals surface area (Å²) in [5, 5.41) is 3.97. The Morgan fingerprint density at radius 1 is 1.77 bits per heavy atom. The van der Waals surface area contributed by atoms with E-state index in [1.54, 1.807) is 0 Å². The van der Waals surface area contributed by atoms with Crippen LogP contribution in [-0.2, 0) is 0 Å². The Balaban J connectivity index is 1.92. The van der Waals surface area contributed by atoms with Crippen LogP contribution in [-0.4, -0.2) is 17.4 Å². The average Bonchev–Trinajstić information content (AvgIpc) is 2.79. The summed E-state index contributed by atoms with van der Waals surface area (Å²) in [6, 6.07) is 0. The van der Waals surface area contributed by atoms with E-state index in [0.29, 0.717) is 4.88 Å². The van der Waals surface area contributed by atoms with Gasteiger partial charge >= 0.3 is 0 Å². The zero-order valence-corrected chi connectivity index (χ0v) is 7.93. The van der Waals surface area contributed by atoms with Gasteiger partial charge in [-0.2, -0.15) is 0 Å². The van der Waals surface area contributed by atoms with Crippen molar-refractivity contribution in [3.63, 3.8) is 0 Å². The van der Waals surface area contributed by atoms with Crippen LogP contribution in [0.25, 0.3) is 0 Å². The maximum Gasteiger partial charge on any atom is 0.260 e. The molecule has 1 aliphatic carbocycles. The second kappa shape index (κ2) is 3.33. The van der Waals surface area contributed by atoms with Crippen molar-refractivity contribution in [3.8, 4) is 0 Å². The van der Waals surface area contributed by atoms with Gasteiger partial charge < -0.3 is 11.1 Å². The van der Waals surface area contributed by atoms with E-state index in [1.807, 2.05) is 0 Å². The molecule has 0 aliphatic heterocycles. The molecule has 3 N–H and O–H groups in total. The molecule has 5 heteroatoms. The monoisotopic (exact) mass is 197 g/mol. The molecule has 0 radical (unpaired) electrons. The first-order valence-corrected chi connectivity index (χ1v) is 5.07. The summed E-state index contributed by atoms with van der Waals surface area (Å²) in [6.07, 6.45) is 4.13. The third-order valence-corrected chi connectivity index (χ3v) is 2.96. The predicted octanol–water partition coefficient (Wildman–Crippen LogP) is 1.06. The van der Waals surface area contributed by atoms with Crippen molar-refractivity contribution in [1.29, 1.82) is 0 Å². The number of anilines is 1. The molecule has 0 bridgehead atoms. The molecule has 1 heterocycles. The maximum atomic E-state index is 10.7. The van der Waals surface area contributed by atoms with Crippen molar-refractivity contribution in [1.82, 2.24) is 4.98 Å². The van der Waals surface area contributed by atoms with Crippen LogP contribution in [0.3, 0.4) is 0 Å². The third-order valence-electron chi connectivity index (χ3n) is 1.99. The Labute approximate surface area is 80.2 Å². The molecule has 70 valence electrons. The van der Waals surface area contributed by atoms with Crippen LogP contribution >= 0.6 is 11.3 Å². The number of carbonyl (C=O) groups excluding carboxylic acids is 1. The van der Waals surface area contributed by atoms with Crippen LogP contribution in [0.15, 0.2) is 6.20 Å². The first-order chi connectivity index (χ1) is 6.25. The highest BCUT2D eigenvalue weighted by Crippen LogP contribution is 2.29. The number of hydrogen-bond acceptors (Lipinski definition) is 4. The van der Waals surface area contributed by atoms with Gasteiger partial charge in [0.05, 0.1) is 6.20 Å². The maximum absolute atomic E-state index is 10.7. The molecular formula is C8H11N3OS. The molecule has 4 nitrogen and oxygen atoms in total. The van der Waals surface area contributed by atoms with Crippen molar-refractivity contribution in [2.45, 2.75) is 12.8 Å². The summed E-state index contributed by atoms with van der Waals surface area (Å²) < 4.78 is 0. The zero-order valence-electron chi connectivity index (χ0n) is 7.12. The molecule has 13 heavy (non-hydrogen) atoms. The van der Waals surface area contributed by atoms with Gasteiger partial charge in [-0.1, -0.05) is 11.3 Å². The standard InChI is InChI=1S/C8H11N3OS/c9-7(12)6-4-11-8(13-6)10-3-5-1-2-5/h4-5H,1-3H2,(H2,9,12)(H,10,11). The molecule has 1 aromatic heterocycles. The van der Waals surface area contributed by atoms with Gasteiger partial charge in [0.1, 0.15) is 4.88 Å². The number of nitrogens with two attached hydrogens (primary N) is 1. The number of hydrogen-bond donors (Lipinski definition) is 2. The Morgan fingerprint density at radius 3 is 3.08 bits per heavy atom. The largest absolute Gasteiger partial charge is 0.365 e. The van der Waals surface area contributed by atoms with E-state index >= 15 is 0 Å². The first-order valence-electron chi connectivity index (χ1n) is 4.25. The molecule has 1 aromatic rings. The van der Waals surface area contributed by atoms with E-state index in [2.05, 4.69) is 10.3 Å². The van der Waals surface area contributed by atoms with Crippen LogP contribution in [0, 0.1) is 5.92 Å². The smallest absolute Gasteiger partial charge is 0.260 e. The Kier molecular flexibility index (Phi) is 2.18. The lowest BCUT2D eigenvalue weighted by Gasteiger charge is -1.97. The van der Waals surface area contributed by atoms with E-state index in [1.165, 1.54) is 30.4 Å². The van der Waals surface area contributed by atoms with Crippen LogP contribution in [0.4, 0.5) is 5.13 Å².